The highest BCUT2D eigenvalue weighted by Crippen LogP contribution is 2.45. The zero-order chi connectivity index (χ0) is 26.7. The van der Waals surface area contributed by atoms with E-state index in [4.69, 9.17) is 0 Å². The van der Waals surface area contributed by atoms with Crippen LogP contribution in [0.15, 0.2) is 53.6 Å². The Hall–Kier alpha value is -2.73. The van der Waals surface area contributed by atoms with Gasteiger partial charge in [-0.15, -0.1) is 0 Å². The Kier molecular flexibility index (Phi) is 6.46. The molecule has 0 saturated heterocycles. The first-order chi connectivity index (χ1) is 17.4. The first kappa shape index (κ1) is 25.9. The molecule has 1 aromatic heterocycles. The number of rotatable bonds is 5. The second-order valence-corrected chi connectivity index (χ2v) is 13.6. The molecule has 3 heterocycles. The van der Waals surface area contributed by atoms with E-state index in [1.54, 1.807) is 25.1 Å². The maximum absolute atomic E-state index is 13.8. The third-order valence-electron chi connectivity index (χ3n) is 7.13. The summed E-state index contributed by atoms with van der Waals surface area (Å²) in [6.07, 6.45) is 5.12. The van der Waals surface area contributed by atoms with Crippen LogP contribution in [0, 0.1) is 5.82 Å². The number of hydrogen-bond acceptors (Lipinski definition) is 5. The maximum Gasteiger partial charge on any atom is 0.305 e. The second-order valence-electron chi connectivity index (χ2n) is 9.83. The van der Waals surface area contributed by atoms with Crippen molar-refractivity contribution in [2.75, 3.05) is 30.2 Å². The average Bonchev–Trinajstić information content (AvgIpc) is 3.25. The first-order valence-corrected chi connectivity index (χ1v) is 15.6. The van der Waals surface area contributed by atoms with Gasteiger partial charge in [0.1, 0.15) is 12.0 Å². The zero-order valence-electron chi connectivity index (χ0n) is 21.3. The smallest absolute Gasteiger partial charge is 0.305 e. The summed E-state index contributed by atoms with van der Waals surface area (Å²) in [6.45, 7) is 6.71. The van der Waals surface area contributed by atoms with E-state index >= 15 is 0 Å². The van der Waals surface area contributed by atoms with Gasteiger partial charge in [0.2, 0.25) is 0 Å². The summed E-state index contributed by atoms with van der Waals surface area (Å²) in [4.78, 5) is 5.37. The van der Waals surface area contributed by atoms with Crippen molar-refractivity contribution in [3.8, 4) is 0 Å². The molecule has 0 bridgehead atoms. The molecule has 8 nitrogen and oxygen atoms in total. The third kappa shape index (κ3) is 4.37. The van der Waals surface area contributed by atoms with Crippen molar-refractivity contribution in [1.82, 2.24) is 14.2 Å². The van der Waals surface area contributed by atoms with Crippen LogP contribution in [-0.4, -0.2) is 63.0 Å². The van der Waals surface area contributed by atoms with Crippen LogP contribution >= 0.6 is 0 Å². The molecule has 37 heavy (non-hydrogen) atoms. The van der Waals surface area contributed by atoms with Crippen molar-refractivity contribution in [1.29, 1.82) is 0 Å². The fraction of sp³-hybridized carbons (Fsp3) is 0.385. The maximum atomic E-state index is 13.8. The number of aromatic nitrogens is 1. The van der Waals surface area contributed by atoms with E-state index < -0.39 is 26.2 Å². The molecule has 5 rings (SSSR count). The van der Waals surface area contributed by atoms with Crippen LogP contribution < -0.4 is 4.31 Å². The third-order valence-corrected chi connectivity index (χ3v) is 10.4. The predicted molar refractivity (Wildman–Crippen MR) is 144 cm³/mol. The van der Waals surface area contributed by atoms with Crippen LogP contribution in [-0.2, 0) is 20.0 Å². The molecular weight excluding hydrogens is 515 g/mol. The van der Waals surface area contributed by atoms with Gasteiger partial charge in [0.25, 0.3) is 0 Å². The summed E-state index contributed by atoms with van der Waals surface area (Å²) in [5.41, 5.74) is 4.00. The van der Waals surface area contributed by atoms with Crippen LogP contribution in [0.5, 0.6) is 0 Å². The molecule has 1 atom stereocenters. The van der Waals surface area contributed by atoms with E-state index in [-0.39, 0.29) is 23.3 Å². The van der Waals surface area contributed by atoms with E-state index in [0.717, 1.165) is 28.3 Å². The number of anilines is 1. The summed E-state index contributed by atoms with van der Waals surface area (Å²) in [5.74, 6) is -0.301. The predicted octanol–water partition coefficient (Wildman–Crippen LogP) is 4.29. The Bertz CT molecular complexity index is 1610. The minimum atomic E-state index is -3.85. The van der Waals surface area contributed by atoms with Gasteiger partial charge in [-0.1, -0.05) is 6.08 Å². The lowest BCUT2D eigenvalue weighted by molar-refractivity contribution is 0.0892. The van der Waals surface area contributed by atoms with E-state index in [9.17, 15) is 21.2 Å². The van der Waals surface area contributed by atoms with Gasteiger partial charge < -0.3 is 4.98 Å². The Morgan fingerprint density at radius 2 is 1.92 bits per heavy atom. The van der Waals surface area contributed by atoms with E-state index in [1.807, 2.05) is 20.0 Å². The fourth-order valence-electron chi connectivity index (χ4n) is 5.45. The molecule has 2 aromatic carbocycles. The van der Waals surface area contributed by atoms with Gasteiger partial charge >= 0.3 is 10.2 Å². The molecule has 3 aromatic rings. The summed E-state index contributed by atoms with van der Waals surface area (Å²) < 4.78 is 68.8. The summed E-state index contributed by atoms with van der Waals surface area (Å²) in [7, 11) is -7.34. The molecule has 1 unspecified atom stereocenters. The van der Waals surface area contributed by atoms with Crippen LogP contribution in [0.25, 0.3) is 16.5 Å². The second kappa shape index (κ2) is 9.23. The van der Waals surface area contributed by atoms with Gasteiger partial charge in [0.15, 0.2) is 9.84 Å². The normalized spacial score (nSPS) is 20.9. The lowest BCUT2D eigenvalue weighted by Crippen LogP contribution is -2.57. The van der Waals surface area contributed by atoms with Crippen molar-refractivity contribution >= 4 is 42.2 Å². The number of aromatic amines is 1. The van der Waals surface area contributed by atoms with Gasteiger partial charge in [-0.2, -0.15) is 12.7 Å². The SMILES string of the molecule is CCN1c2ccc(S(C)(=O)=O)cc2C(N2CC=C(c3c[nH]c4cc(F)ccc34)CC2)N(C(C)C)S1(=O)=O. The molecule has 2 aliphatic heterocycles. The van der Waals surface area contributed by atoms with E-state index in [2.05, 4.69) is 16.0 Å². The minimum Gasteiger partial charge on any atom is -0.360 e. The average molecular weight is 547 g/mol. The first-order valence-electron chi connectivity index (χ1n) is 12.3. The molecule has 0 radical (unpaired) electrons. The largest absolute Gasteiger partial charge is 0.360 e. The van der Waals surface area contributed by atoms with Crippen molar-refractivity contribution in [3.63, 3.8) is 0 Å². The van der Waals surface area contributed by atoms with E-state index in [0.29, 0.717) is 30.8 Å². The summed E-state index contributed by atoms with van der Waals surface area (Å²) >= 11 is 0. The van der Waals surface area contributed by atoms with Crippen molar-refractivity contribution in [3.05, 3.63) is 65.6 Å². The topological polar surface area (TPSA) is 93.8 Å². The van der Waals surface area contributed by atoms with Gasteiger partial charge in [0, 0.05) is 60.2 Å². The van der Waals surface area contributed by atoms with Gasteiger partial charge in [-0.25, -0.2) is 12.8 Å². The zero-order valence-corrected chi connectivity index (χ0v) is 22.9. The number of nitrogens with one attached hydrogen (secondary N) is 1. The minimum absolute atomic E-state index is 0.162. The highest BCUT2D eigenvalue weighted by Gasteiger charge is 2.46. The lowest BCUT2D eigenvalue weighted by atomic mass is 9.97. The fourth-order valence-corrected chi connectivity index (χ4v) is 8.11. The van der Waals surface area contributed by atoms with Crippen LogP contribution in [0.2, 0.25) is 0 Å². The quantitative estimate of drug-likeness (QED) is 0.515. The molecule has 2 aliphatic rings. The number of benzene rings is 2. The van der Waals surface area contributed by atoms with Gasteiger partial charge in [-0.3, -0.25) is 9.21 Å². The number of fused-ring (bicyclic) bond motifs is 2. The molecule has 0 amide bonds. The standard InChI is InChI=1S/C26H31FN4O4S2/c1-5-30-25-9-7-20(36(4,32)33)15-22(25)26(31(17(2)3)37(30,34)35)29-12-10-18(11-13-29)23-16-28-24-14-19(27)6-8-21(23)24/h6-10,14-17,26,28H,5,11-13H2,1-4H3. The van der Waals surface area contributed by atoms with E-state index in [1.165, 1.54) is 26.8 Å². The highest BCUT2D eigenvalue weighted by molar-refractivity contribution is 7.91. The molecule has 0 fully saturated rings. The van der Waals surface area contributed by atoms with Crippen LogP contribution in [0.3, 0.4) is 0 Å². The van der Waals surface area contributed by atoms with Gasteiger partial charge in [0.05, 0.1) is 10.6 Å². The van der Waals surface area contributed by atoms with Crippen LogP contribution in [0.4, 0.5) is 10.1 Å². The van der Waals surface area contributed by atoms with Crippen molar-refractivity contribution in [2.24, 2.45) is 0 Å². The molecule has 0 aliphatic carbocycles. The molecule has 0 spiro atoms. The Balaban J connectivity index is 1.59. The van der Waals surface area contributed by atoms with Gasteiger partial charge in [-0.05, 0) is 69.2 Å². The summed E-state index contributed by atoms with van der Waals surface area (Å²) in [5, 5.41) is 0.937. The lowest BCUT2D eigenvalue weighted by Gasteiger charge is -2.48. The molecule has 11 heteroatoms. The monoisotopic (exact) mass is 546 g/mol. The highest BCUT2D eigenvalue weighted by atomic mass is 32.2. The number of halogens is 1. The summed E-state index contributed by atoms with van der Waals surface area (Å²) in [6, 6.07) is 9.02. The number of hydrogen-bond donors (Lipinski definition) is 1. The van der Waals surface area contributed by atoms with Crippen LogP contribution in [0.1, 0.15) is 44.5 Å². The number of H-pyrrole nitrogens is 1. The molecular formula is C26H31FN4O4S2. The Morgan fingerprint density at radius 1 is 1.16 bits per heavy atom. The number of sulfone groups is 1. The molecule has 1 N–H and O–H groups in total. The number of nitrogens with zero attached hydrogens (tertiary/aromatic N) is 3. The molecule has 0 saturated carbocycles. The Morgan fingerprint density at radius 3 is 2.54 bits per heavy atom. The van der Waals surface area contributed by atoms with Crippen molar-refractivity contribution in [2.45, 2.75) is 44.3 Å². The molecule has 198 valence electrons. The Labute approximate surface area is 217 Å². The van der Waals surface area contributed by atoms with Crippen molar-refractivity contribution < 1.29 is 21.2 Å².